The molecule has 44 heavy (non-hydrogen) atoms. The van der Waals surface area contributed by atoms with Gasteiger partial charge in [0.25, 0.3) is 0 Å². The zero-order valence-electron chi connectivity index (χ0n) is 24.9. The lowest BCUT2D eigenvalue weighted by Crippen LogP contribution is -2.04. The molecule has 0 saturated carbocycles. The highest BCUT2D eigenvalue weighted by Gasteiger charge is 2.16. The maximum absolute atomic E-state index is 5.02. The van der Waals surface area contributed by atoms with Crippen molar-refractivity contribution in [1.82, 2.24) is 15.0 Å². The topological polar surface area (TPSA) is 51.0 Å². The summed E-state index contributed by atoms with van der Waals surface area (Å²) >= 11 is 0. The molecule has 0 saturated heterocycles. The average Bonchev–Trinajstić information content (AvgIpc) is 3.08. The van der Waals surface area contributed by atoms with Crippen molar-refractivity contribution in [2.45, 2.75) is 13.3 Å². The summed E-state index contributed by atoms with van der Waals surface area (Å²) < 4.78 is 0. The van der Waals surface area contributed by atoms with Crippen LogP contribution in [0.2, 0.25) is 0 Å². The Balaban J connectivity index is 1.30. The third-order valence-corrected chi connectivity index (χ3v) is 8.08. The van der Waals surface area contributed by atoms with Crippen LogP contribution < -0.4 is 0 Å². The summed E-state index contributed by atoms with van der Waals surface area (Å²) in [6, 6.07) is 38.3. The van der Waals surface area contributed by atoms with E-state index >= 15 is 0 Å². The molecule has 5 aromatic carbocycles. The zero-order chi connectivity index (χ0) is 29.9. The van der Waals surface area contributed by atoms with E-state index in [-0.39, 0.29) is 0 Å². The zero-order valence-corrected chi connectivity index (χ0v) is 24.9. The fourth-order valence-electron chi connectivity index (χ4n) is 5.72. The lowest BCUT2D eigenvalue weighted by atomic mass is 9.89. The smallest absolute Gasteiger partial charge is 0.164 e. The van der Waals surface area contributed by atoms with Gasteiger partial charge in [-0.05, 0) is 75.2 Å². The van der Waals surface area contributed by atoms with Crippen LogP contribution in [0.4, 0.5) is 0 Å². The van der Waals surface area contributed by atoms with Crippen molar-refractivity contribution in [3.63, 3.8) is 0 Å². The van der Waals surface area contributed by atoms with Crippen molar-refractivity contribution >= 4 is 29.1 Å². The van der Waals surface area contributed by atoms with Crippen LogP contribution in [0.25, 0.3) is 68.2 Å². The molecule has 212 valence electrons. The summed E-state index contributed by atoms with van der Waals surface area (Å²) in [5.41, 5.74) is 8.91. The Morgan fingerprint density at radius 3 is 2.11 bits per heavy atom. The quantitative estimate of drug-likeness (QED) is 0.188. The normalized spacial score (nSPS) is 14.5. The number of nitrogens with zero attached hydrogens (tertiary/aromatic N) is 4. The molecule has 0 radical (unpaired) electrons. The highest BCUT2D eigenvalue weighted by molar-refractivity contribution is 5.87. The highest BCUT2D eigenvalue weighted by Crippen LogP contribution is 2.31. The van der Waals surface area contributed by atoms with Crippen LogP contribution in [0.15, 0.2) is 126 Å². The molecule has 0 N–H and O–H groups in total. The number of fused-ring (bicyclic) bond motifs is 2. The van der Waals surface area contributed by atoms with E-state index in [0.717, 1.165) is 45.2 Å². The Hall–Kier alpha value is -5.48. The molecule has 0 amide bonds. The van der Waals surface area contributed by atoms with Crippen molar-refractivity contribution in [3.05, 3.63) is 138 Å². The second-order valence-corrected chi connectivity index (χ2v) is 11.3. The van der Waals surface area contributed by atoms with E-state index in [1.54, 1.807) is 13.3 Å². The number of benzene rings is 5. The fourth-order valence-corrected chi connectivity index (χ4v) is 5.72. The summed E-state index contributed by atoms with van der Waals surface area (Å²) in [5, 5.41) is 2.35. The fraction of sp³-hybridized carbons (Fsp3) is 0.100. The average molecular weight is 569 g/mol. The maximum Gasteiger partial charge on any atom is 0.164 e. The van der Waals surface area contributed by atoms with Gasteiger partial charge in [-0.25, -0.2) is 15.0 Å². The van der Waals surface area contributed by atoms with Gasteiger partial charge >= 0.3 is 0 Å². The Morgan fingerprint density at radius 2 is 1.32 bits per heavy atom. The number of rotatable bonds is 6. The third kappa shape index (κ3) is 5.75. The Morgan fingerprint density at radius 1 is 0.636 bits per heavy atom. The molecule has 0 aliphatic heterocycles. The molecule has 1 unspecified atom stereocenters. The molecule has 1 aromatic heterocycles. The Kier molecular flexibility index (Phi) is 7.47. The van der Waals surface area contributed by atoms with Crippen LogP contribution >= 0.6 is 0 Å². The molecular formula is C40H32N4. The van der Waals surface area contributed by atoms with Crippen molar-refractivity contribution in [2.24, 2.45) is 10.9 Å². The van der Waals surface area contributed by atoms with Crippen LogP contribution in [0.1, 0.15) is 23.6 Å². The van der Waals surface area contributed by atoms with Crippen LogP contribution in [0.3, 0.4) is 0 Å². The van der Waals surface area contributed by atoms with Gasteiger partial charge in [-0.1, -0.05) is 116 Å². The summed E-state index contributed by atoms with van der Waals surface area (Å²) in [7, 11) is 1.77. The van der Waals surface area contributed by atoms with Gasteiger partial charge in [-0.2, -0.15) is 0 Å². The van der Waals surface area contributed by atoms with E-state index in [4.69, 9.17) is 15.0 Å². The van der Waals surface area contributed by atoms with Crippen molar-refractivity contribution in [1.29, 1.82) is 0 Å². The van der Waals surface area contributed by atoms with Gasteiger partial charge in [-0.15, -0.1) is 0 Å². The van der Waals surface area contributed by atoms with E-state index < -0.39 is 0 Å². The molecule has 0 spiro atoms. The number of aromatic nitrogens is 3. The van der Waals surface area contributed by atoms with Gasteiger partial charge in [0.1, 0.15) is 0 Å². The third-order valence-electron chi connectivity index (χ3n) is 8.08. The lowest BCUT2D eigenvalue weighted by molar-refractivity contribution is 0.717. The predicted molar refractivity (Wildman–Crippen MR) is 184 cm³/mol. The Labute approximate surface area is 258 Å². The van der Waals surface area contributed by atoms with Crippen LogP contribution in [0.5, 0.6) is 0 Å². The first kappa shape index (κ1) is 27.4. The molecule has 1 atom stereocenters. The maximum atomic E-state index is 5.02. The Bertz CT molecular complexity index is 2070. The second kappa shape index (κ2) is 12.0. The van der Waals surface area contributed by atoms with Gasteiger partial charge < -0.3 is 0 Å². The minimum absolute atomic E-state index is 0.550. The van der Waals surface area contributed by atoms with E-state index in [2.05, 4.69) is 139 Å². The minimum Gasteiger partial charge on any atom is -0.297 e. The molecule has 1 aliphatic rings. The lowest BCUT2D eigenvalue weighted by Gasteiger charge is -2.16. The van der Waals surface area contributed by atoms with Crippen molar-refractivity contribution in [2.75, 3.05) is 7.05 Å². The van der Waals surface area contributed by atoms with Gasteiger partial charge in [0.2, 0.25) is 0 Å². The number of hydrogen-bond donors (Lipinski definition) is 0. The monoisotopic (exact) mass is 568 g/mol. The first-order valence-corrected chi connectivity index (χ1v) is 15.0. The largest absolute Gasteiger partial charge is 0.297 e. The van der Waals surface area contributed by atoms with Gasteiger partial charge in [0.05, 0.1) is 0 Å². The van der Waals surface area contributed by atoms with Crippen molar-refractivity contribution < 1.29 is 0 Å². The van der Waals surface area contributed by atoms with Crippen LogP contribution in [-0.4, -0.2) is 28.2 Å². The molecule has 0 fully saturated rings. The van der Waals surface area contributed by atoms with E-state index in [1.807, 2.05) is 6.08 Å². The molecule has 1 heterocycles. The number of hydrogen-bond acceptors (Lipinski definition) is 4. The van der Waals surface area contributed by atoms with E-state index in [1.165, 1.54) is 16.5 Å². The van der Waals surface area contributed by atoms with Crippen molar-refractivity contribution in [3.8, 4) is 45.3 Å². The first-order chi connectivity index (χ1) is 21.6. The molecular weight excluding hydrogens is 536 g/mol. The molecule has 4 heteroatoms. The standard InChI is InChI=1S/C40H32N4/c1-27-12-13-35-26-37(21-19-34(35)23-27)40-43-38(42-39(44-40)36-20-16-29-9-3-4-10-33(29)25-36)31-17-14-30(15-18-31)32-11-5-7-28(24-32)8-6-22-41-2/h3-22,24-27H,23H2,1-2H3/b8-6-,41-22-. The molecule has 0 bridgehead atoms. The number of aliphatic imine (C=N–C) groups is 1. The molecule has 6 aromatic rings. The van der Waals surface area contributed by atoms with Gasteiger partial charge in [-0.3, -0.25) is 4.99 Å². The van der Waals surface area contributed by atoms with Gasteiger partial charge in [0, 0.05) is 30.0 Å². The molecule has 1 aliphatic carbocycles. The second-order valence-electron chi connectivity index (χ2n) is 11.3. The molecule has 4 nitrogen and oxygen atoms in total. The highest BCUT2D eigenvalue weighted by atomic mass is 15.0. The van der Waals surface area contributed by atoms with E-state index in [9.17, 15) is 0 Å². The van der Waals surface area contributed by atoms with Crippen LogP contribution in [0, 0.1) is 5.92 Å². The van der Waals surface area contributed by atoms with Crippen LogP contribution in [-0.2, 0) is 6.42 Å². The first-order valence-electron chi connectivity index (χ1n) is 15.0. The summed E-state index contributed by atoms with van der Waals surface area (Å²) in [5.74, 6) is 2.54. The van der Waals surface area contributed by atoms with Gasteiger partial charge in [0.15, 0.2) is 17.5 Å². The SMILES string of the molecule is C/N=C\C=C/c1cccc(-c2ccc(-c3nc(-c4ccc5c(c4)C=CC(C)C5)nc(-c4ccc5ccccc5c4)n3)cc2)c1. The molecule has 7 rings (SSSR count). The summed E-state index contributed by atoms with van der Waals surface area (Å²) in [4.78, 5) is 19.1. The summed E-state index contributed by atoms with van der Waals surface area (Å²) in [6.07, 6.45) is 11.3. The van der Waals surface area contributed by atoms with E-state index in [0.29, 0.717) is 23.4 Å². The summed E-state index contributed by atoms with van der Waals surface area (Å²) in [6.45, 7) is 2.25. The minimum atomic E-state index is 0.550. The number of allylic oxidation sites excluding steroid dienone is 2. The predicted octanol–water partition coefficient (Wildman–Crippen LogP) is 9.61.